The van der Waals surface area contributed by atoms with Crippen LogP contribution in [0.1, 0.15) is 5.69 Å². The first-order valence-electron chi connectivity index (χ1n) is 4.32. The van der Waals surface area contributed by atoms with E-state index in [1.165, 1.54) is 0 Å². The average Bonchev–Trinajstić information content (AvgIpc) is 2.70. The molecular formula is C10H10BrN3. The van der Waals surface area contributed by atoms with Gasteiger partial charge in [-0.1, -0.05) is 0 Å². The molecule has 0 aliphatic carbocycles. The Morgan fingerprint density at radius 1 is 1.36 bits per heavy atom. The zero-order valence-corrected chi connectivity index (χ0v) is 9.08. The molecule has 2 aromatic heterocycles. The van der Waals surface area contributed by atoms with Gasteiger partial charge in [-0.2, -0.15) is 0 Å². The minimum Gasteiger partial charge on any atom is -0.365 e. The van der Waals surface area contributed by atoms with Gasteiger partial charge in [0.1, 0.15) is 5.82 Å². The maximum atomic E-state index is 4.21. The lowest BCUT2D eigenvalue weighted by atomic mass is 10.4. The number of hydrogen-bond donors (Lipinski definition) is 2. The molecule has 2 N–H and O–H groups in total. The molecule has 0 aliphatic heterocycles. The standard InChI is InChI=1S/C10H10BrN3/c11-8-3-4-10(13-6-8)14-7-9-2-1-5-12-9/h1-6,12H,7H2,(H,13,14). The maximum Gasteiger partial charge on any atom is 0.126 e. The molecule has 2 aromatic rings. The van der Waals surface area contributed by atoms with Crippen LogP contribution in [0.3, 0.4) is 0 Å². The summed E-state index contributed by atoms with van der Waals surface area (Å²) in [6.07, 6.45) is 3.68. The highest BCUT2D eigenvalue weighted by Gasteiger charge is 1.94. The van der Waals surface area contributed by atoms with Crippen molar-refractivity contribution in [2.45, 2.75) is 6.54 Å². The highest BCUT2D eigenvalue weighted by molar-refractivity contribution is 9.10. The number of anilines is 1. The van der Waals surface area contributed by atoms with E-state index in [2.05, 4.69) is 31.2 Å². The normalized spacial score (nSPS) is 10.1. The minimum absolute atomic E-state index is 0.766. The van der Waals surface area contributed by atoms with Crippen LogP contribution in [0.4, 0.5) is 5.82 Å². The summed E-state index contributed by atoms with van der Waals surface area (Å²) in [7, 11) is 0. The Labute approximate surface area is 90.7 Å². The molecule has 0 amide bonds. The van der Waals surface area contributed by atoms with Crippen LogP contribution in [0.25, 0.3) is 0 Å². The van der Waals surface area contributed by atoms with E-state index in [1.807, 2.05) is 30.5 Å². The fraction of sp³-hybridized carbons (Fsp3) is 0.100. The molecule has 0 aromatic carbocycles. The molecule has 0 unspecified atom stereocenters. The van der Waals surface area contributed by atoms with Crippen LogP contribution in [0.5, 0.6) is 0 Å². The molecule has 2 heterocycles. The first-order chi connectivity index (χ1) is 6.84. The van der Waals surface area contributed by atoms with E-state index in [0.29, 0.717) is 0 Å². The molecule has 0 fully saturated rings. The zero-order valence-electron chi connectivity index (χ0n) is 7.50. The van der Waals surface area contributed by atoms with Gasteiger partial charge in [-0.05, 0) is 40.2 Å². The van der Waals surface area contributed by atoms with Crippen molar-refractivity contribution < 1.29 is 0 Å². The summed E-state index contributed by atoms with van der Waals surface area (Å²) in [5, 5.41) is 3.21. The van der Waals surface area contributed by atoms with Crippen molar-refractivity contribution in [3.63, 3.8) is 0 Å². The molecule has 0 saturated carbocycles. The summed E-state index contributed by atoms with van der Waals surface area (Å²) in [5.41, 5.74) is 1.15. The van der Waals surface area contributed by atoms with Gasteiger partial charge < -0.3 is 10.3 Å². The average molecular weight is 252 g/mol. The first kappa shape index (κ1) is 9.27. The second kappa shape index (κ2) is 4.28. The fourth-order valence-electron chi connectivity index (χ4n) is 1.14. The second-order valence-electron chi connectivity index (χ2n) is 2.91. The van der Waals surface area contributed by atoms with Gasteiger partial charge in [0.2, 0.25) is 0 Å². The lowest BCUT2D eigenvalue weighted by molar-refractivity contribution is 1.05. The number of halogens is 1. The highest BCUT2D eigenvalue weighted by atomic mass is 79.9. The summed E-state index contributed by atoms with van der Waals surface area (Å²) in [4.78, 5) is 7.33. The number of hydrogen-bond acceptors (Lipinski definition) is 2. The summed E-state index contributed by atoms with van der Waals surface area (Å²) in [5.74, 6) is 0.878. The Balaban J connectivity index is 1.95. The summed E-state index contributed by atoms with van der Waals surface area (Å²) >= 11 is 3.34. The molecule has 0 radical (unpaired) electrons. The third kappa shape index (κ3) is 2.35. The third-order valence-electron chi connectivity index (χ3n) is 1.85. The van der Waals surface area contributed by atoms with Gasteiger partial charge in [-0.25, -0.2) is 4.98 Å². The van der Waals surface area contributed by atoms with Gasteiger partial charge in [-0.3, -0.25) is 0 Å². The summed E-state index contributed by atoms with van der Waals surface area (Å²) in [6.45, 7) is 0.766. The molecule has 2 rings (SSSR count). The number of nitrogens with one attached hydrogen (secondary N) is 2. The molecule has 14 heavy (non-hydrogen) atoms. The molecular weight excluding hydrogens is 242 g/mol. The Morgan fingerprint density at radius 2 is 2.29 bits per heavy atom. The Kier molecular flexibility index (Phi) is 2.84. The van der Waals surface area contributed by atoms with E-state index in [0.717, 1.165) is 22.5 Å². The second-order valence-corrected chi connectivity index (χ2v) is 3.83. The van der Waals surface area contributed by atoms with E-state index in [4.69, 9.17) is 0 Å². The van der Waals surface area contributed by atoms with Gasteiger partial charge in [-0.15, -0.1) is 0 Å². The van der Waals surface area contributed by atoms with Gasteiger partial charge in [0.25, 0.3) is 0 Å². The Bertz CT molecular complexity index is 380. The van der Waals surface area contributed by atoms with E-state index >= 15 is 0 Å². The van der Waals surface area contributed by atoms with Crippen molar-refractivity contribution in [1.82, 2.24) is 9.97 Å². The summed E-state index contributed by atoms with van der Waals surface area (Å²) in [6, 6.07) is 7.91. The van der Waals surface area contributed by atoms with Crippen molar-refractivity contribution in [1.29, 1.82) is 0 Å². The molecule has 0 saturated heterocycles. The Morgan fingerprint density at radius 3 is 2.93 bits per heavy atom. The zero-order chi connectivity index (χ0) is 9.80. The van der Waals surface area contributed by atoms with E-state index < -0.39 is 0 Å². The molecule has 0 aliphatic rings. The monoisotopic (exact) mass is 251 g/mol. The predicted molar refractivity (Wildman–Crippen MR) is 60.1 cm³/mol. The van der Waals surface area contributed by atoms with Crippen LogP contribution in [-0.2, 0) is 6.54 Å². The van der Waals surface area contributed by atoms with Crippen LogP contribution in [0.15, 0.2) is 41.1 Å². The van der Waals surface area contributed by atoms with Crippen molar-refractivity contribution >= 4 is 21.7 Å². The molecule has 72 valence electrons. The third-order valence-corrected chi connectivity index (χ3v) is 2.32. The van der Waals surface area contributed by atoms with Gasteiger partial charge in [0.15, 0.2) is 0 Å². The lowest BCUT2D eigenvalue weighted by Gasteiger charge is -2.03. The molecule has 0 atom stereocenters. The molecule has 0 spiro atoms. The van der Waals surface area contributed by atoms with Crippen molar-refractivity contribution in [2.75, 3.05) is 5.32 Å². The van der Waals surface area contributed by atoms with E-state index in [-0.39, 0.29) is 0 Å². The van der Waals surface area contributed by atoms with E-state index in [9.17, 15) is 0 Å². The number of pyridine rings is 1. The Hall–Kier alpha value is -1.29. The van der Waals surface area contributed by atoms with Crippen LogP contribution in [0, 0.1) is 0 Å². The molecule has 0 bridgehead atoms. The number of H-pyrrole nitrogens is 1. The molecule has 4 heteroatoms. The number of nitrogens with zero attached hydrogens (tertiary/aromatic N) is 1. The predicted octanol–water partition coefficient (Wildman–Crippen LogP) is 2.78. The minimum atomic E-state index is 0.766. The quantitative estimate of drug-likeness (QED) is 0.881. The SMILES string of the molecule is Brc1ccc(NCc2ccc[nH]2)nc1. The highest BCUT2D eigenvalue weighted by Crippen LogP contribution is 2.10. The fourth-order valence-corrected chi connectivity index (χ4v) is 1.38. The van der Waals surface area contributed by atoms with Gasteiger partial charge in [0.05, 0.1) is 6.54 Å². The first-order valence-corrected chi connectivity index (χ1v) is 5.11. The van der Waals surface area contributed by atoms with Crippen molar-refractivity contribution in [3.05, 3.63) is 46.8 Å². The lowest BCUT2D eigenvalue weighted by Crippen LogP contribution is -2.00. The van der Waals surface area contributed by atoms with Crippen LogP contribution >= 0.6 is 15.9 Å². The summed E-state index contributed by atoms with van der Waals surface area (Å²) < 4.78 is 0.989. The topological polar surface area (TPSA) is 40.7 Å². The van der Waals surface area contributed by atoms with Crippen LogP contribution < -0.4 is 5.32 Å². The number of aromatic amines is 1. The van der Waals surface area contributed by atoms with E-state index in [1.54, 1.807) is 6.20 Å². The largest absolute Gasteiger partial charge is 0.365 e. The van der Waals surface area contributed by atoms with Crippen LogP contribution in [-0.4, -0.2) is 9.97 Å². The molecule has 3 nitrogen and oxygen atoms in total. The maximum absolute atomic E-state index is 4.21. The van der Waals surface area contributed by atoms with Crippen molar-refractivity contribution in [3.8, 4) is 0 Å². The van der Waals surface area contributed by atoms with Gasteiger partial charge in [0, 0.05) is 22.6 Å². The smallest absolute Gasteiger partial charge is 0.126 e. The van der Waals surface area contributed by atoms with Gasteiger partial charge >= 0.3 is 0 Å². The number of aromatic nitrogens is 2. The number of rotatable bonds is 3. The van der Waals surface area contributed by atoms with Crippen molar-refractivity contribution in [2.24, 2.45) is 0 Å². The van der Waals surface area contributed by atoms with Crippen LogP contribution in [0.2, 0.25) is 0 Å².